The number of carbonyl (C=O) groups is 3. The summed E-state index contributed by atoms with van der Waals surface area (Å²) in [5, 5.41) is 8.77. The predicted octanol–water partition coefficient (Wildman–Crippen LogP) is 0.971. The van der Waals surface area contributed by atoms with Crippen LogP contribution >= 0.6 is 0 Å². The predicted molar refractivity (Wildman–Crippen MR) is 69.6 cm³/mol. The molecule has 2 aromatic rings. The summed E-state index contributed by atoms with van der Waals surface area (Å²) >= 11 is 0. The molecule has 0 aliphatic carbocycles. The molecule has 7 nitrogen and oxygen atoms in total. The summed E-state index contributed by atoms with van der Waals surface area (Å²) in [5.74, 6) is -1.93. The molecule has 0 saturated carbocycles. The second kappa shape index (κ2) is 4.78. The van der Waals surface area contributed by atoms with Gasteiger partial charge in [0.15, 0.2) is 0 Å². The smallest absolute Gasteiger partial charge is 0.354 e. The van der Waals surface area contributed by atoms with Gasteiger partial charge in [-0.15, -0.1) is 0 Å². The second-order valence-electron chi connectivity index (χ2n) is 4.47. The molecule has 0 bridgehead atoms. The lowest BCUT2D eigenvalue weighted by Gasteiger charge is -2.13. The minimum Gasteiger partial charge on any atom is -0.477 e. The Labute approximate surface area is 118 Å². The van der Waals surface area contributed by atoms with Crippen molar-refractivity contribution in [1.29, 1.82) is 0 Å². The summed E-state index contributed by atoms with van der Waals surface area (Å²) in [6.07, 6.45) is 4.16. The fourth-order valence-corrected chi connectivity index (χ4v) is 2.11. The number of carbonyl (C=O) groups excluding carboxylic acids is 2. The zero-order chi connectivity index (χ0) is 15.0. The second-order valence-corrected chi connectivity index (χ2v) is 4.47. The van der Waals surface area contributed by atoms with Gasteiger partial charge in [0.25, 0.3) is 11.8 Å². The van der Waals surface area contributed by atoms with Crippen LogP contribution in [0, 0.1) is 0 Å². The van der Waals surface area contributed by atoms with E-state index in [1.165, 1.54) is 36.8 Å². The van der Waals surface area contributed by atoms with Crippen molar-refractivity contribution in [2.45, 2.75) is 6.54 Å². The van der Waals surface area contributed by atoms with Gasteiger partial charge in [0.2, 0.25) is 0 Å². The molecule has 2 amide bonds. The van der Waals surface area contributed by atoms with Crippen molar-refractivity contribution in [2.75, 3.05) is 0 Å². The molecule has 2 aromatic heterocycles. The van der Waals surface area contributed by atoms with Crippen LogP contribution in [0.2, 0.25) is 0 Å². The van der Waals surface area contributed by atoms with Crippen molar-refractivity contribution in [3.8, 4) is 0 Å². The minimum atomic E-state index is -1.13. The number of fused-ring (bicyclic) bond motifs is 1. The van der Waals surface area contributed by atoms with Crippen molar-refractivity contribution in [3.63, 3.8) is 0 Å². The molecule has 1 aliphatic rings. The molecular weight excluding hydrogens is 274 g/mol. The van der Waals surface area contributed by atoms with E-state index in [1.807, 2.05) is 0 Å². The van der Waals surface area contributed by atoms with Gasteiger partial charge in [-0.2, -0.15) is 0 Å². The van der Waals surface area contributed by atoms with Crippen molar-refractivity contribution in [3.05, 3.63) is 59.2 Å². The Kier molecular flexibility index (Phi) is 2.94. The van der Waals surface area contributed by atoms with Crippen LogP contribution in [-0.2, 0) is 6.54 Å². The van der Waals surface area contributed by atoms with Gasteiger partial charge in [0.1, 0.15) is 5.69 Å². The Morgan fingerprint density at radius 1 is 1.10 bits per heavy atom. The maximum absolute atomic E-state index is 12.1. The maximum Gasteiger partial charge on any atom is 0.354 e. The summed E-state index contributed by atoms with van der Waals surface area (Å²) < 4.78 is 0. The first-order valence-corrected chi connectivity index (χ1v) is 6.06. The van der Waals surface area contributed by atoms with Crippen LogP contribution < -0.4 is 0 Å². The van der Waals surface area contributed by atoms with E-state index in [2.05, 4.69) is 9.97 Å². The maximum atomic E-state index is 12.1. The van der Waals surface area contributed by atoms with E-state index in [1.54, 1.807) is 0 Å². The van der Waals surface area contributed by atoms with Crippen molar-refractivity contribution in [2.24, 2.45) is 0 Å². The fraction of sp³-hybridized carbons (Fsp3) is 0.0714. The Bertz CT molecular complexity index is 720. The van der Waals surface area contributed by atoms with Crippen LogP contribution in [0.15, 0.2) is 36.8 Å². The number of aromatic carboxylic acids is 1. The summed E-state index contributed by atoms with van der Waals surface area (Å²) in [6, 6.07) is 4.36. The molecule has 0 spiro atoms. The first-order chi connectivity index (χ1) is 10.1. The Balaban J connectivity index is 1.85. The lowest BCUT2D eigenvalue weighted by atomic mass is 10.2. The first-order valence-electron chi connectivity index (χ1n) is 6.06. The molecule has 0 fully saturated rings. The van der Waals surface area contributed by atoms with E-state index < -0.39 is 11.9 Å². The first kappa shape index (κ1) is 12.9. The van der Waals surface area contributed by atoms with Crippen LogP contribution in [0.25, 0.3) is 0 Å². The average molecular weight is 283 g/mol. The van der Waals surface area contributed by atoms with Crippen LogP contribution in [0.5, 0.6) is 0 Å². The number of pyridine rings is 2. The minimum absolute atomic E-state index is 0.0409. The third kappa shape index (κ3) is 2.14. The van der Waals surface area contributed by atoms with E-state index in [0.717, 1.165) is 4.90 Å². The highest BCUT2D eigenvalue weighted by atomic mass is 16.4. The Morgan fingerprint density at radius 2 is 1.86 bits per heavy atom. The van der Waals surface area contributed by atoms with Gasteiger partial charge in [0, 0.05) is 18.6 Å². The standard InChI is InChI=1S/C14H9N3O4/c18-12-9-3-4-15-6-10(9)13(19)17(12)7-8-1-2-11(14(20)21)16-5-8/h1-6H,7H2,(H,20,21). The molecular formula is C14H9N3O4. The number of imide groups is 1. The molecule has 0 radical (unpaired) electrons. The van der Waals surface area contributed by atoms with Gasteiger partial charge >= 0.3 is 5.97 Å². The van der Waals surface area contributed by atoms with E-state index >= 15 is 0 Å². The molecule has 0 atom stereocenters. The molecule has 3 heterocycles. The van der Waals surface area contributed by atoms with Crippen LogP contribution in [-0.4, -0.2) is 37.8 Å². The Hall–Kier alpha value is -3.09. The molecule has 104 valence electrons. The molecule has 0 saturated heterocycles. The summed E-state index contributed by atoms with van der Waals surface area (Å²) in [5.41, 5.74) is 1.08. The number of aromatic nitrogens is 2. The number of hydrogen-bond acceptors (Lipinski definition) is 5. The van der Waals surface area contributed by atoms with Gasteiger partial charge in [-0.05, 0) is 17.7 Å². The van der Waals surface area contributed by atoms with Crippen LogP contribution in [0.4, 0.5) is 0 Å². The Morgan fingerprint density at radius 3 is 2.48 bits per heavy atom. The average Bonchev–Trinajstić information content (AvgIpc) is 2.73. The topological polar surface area (TPSA) is 100 Å². The van der Waals surface area contributed by atoms with Gasteiger partial charge in [0.05, 0.1) is 17.7 Å². The molecule has 1 aliphatic heterocycles. The van der Waals surface area contributed by atoms with Gasteiger partial charge in [-0.25, -0.2) is 9.78 Å². The number of hydrogen-bond donors (Lipinski definition) is 1. The van der Waals surface area contributed by atoms with E-state index in [4.69, 9.17) is 5.11 Å². The van der Waals surface area contributed by atoms with E-state index in [-0.39, 0.29) is 23.7 Å². The highest BCUT2D eigenvalue weighted by Gasteiger charge is 2.35. The molecule has 7 heteroatoms. The summed E-state index contributed by atoms with van der Waals surface area (Å²) in [6.45, 7) is 0.0409. The van der Waals surface area contributed by atoms with E-state index in [9.17, 15) is 14.4 Å². The van der Waals surface area contributed by atoms with Crippen LogP contribution in [0.3, 0.4) is 0 Å². The number of amides is 2. The summed E-state index contributed by atoms with van der Waals surface area (Å²) in [4.78, 5) is 43.7. The summed E-state index contributed by atoms with van der Waals surface area (Å²) in [7, 11) is 0. The van der Waals surface area contributed by atoms with Crippen LogP contribution in [0.1, 0.15) is 36.8 Å². The van der Waals surface area contributed by atoms with Gasteiger partial charge in [-0.3, -0.25) is 19.5 Å². The number of carboxylic acids is 1. The molecule has 0 aromatic carbocycles. The van der Waals surface area contributed by atoms with E-state index in [0.29, 0.717) is 11.1 Å². The number of rotatable bonds is 3. The third-order valence-corrected chi connectivity index (χ3v) is 3.16. The van der Waals surface area contributed by atoms with Crippen molar-refractivity contribution < 1.29 is 19.5 Å². The molecule has 1 N–H and O–H groups in total. The lowest BCUT2D eigenvalue weighted by molar-refractivity contribution is 0.0637. The van der Waals surface area contributed by atoms with Crippen molar-refractivity contribution in [1.82, 2.24) is 14.9 Å². The molecule has 21 heavy (non-hydrogen) atoms. The van der Waals surface area contributed by atoms with Gasteiger partial charge in [-0.1, -0.05) is 6.07 Å². The fourth-order valence-electron chi connectivity index (χ4n) is 2.11. The van der Waals surface area contributed by atoms with Crippen molar-refractivity contribution >= 4 is 17.8 Å². The SMILES string of the molecule is O=C(O)c1ccc(CN2C(=O)c3ccncc3C2=O)cn1. The highest BCUT2D eigenvalue weighted by molar-refractivity contribution is 6.21. The number of nitrogens with zero attached hydrogens (tertiary/aromatic N) is 3. The largest absolute Gasteiger partial charge is 0.477 e. The third-order valence-electron chi connectivity index (χ3n) is 3.16. The number of carboxylic acid groups (broad SMARTS) is 1. The molecule has 0 unspecified atom stereocenters. The zero-order valence-corrected chi connectivity index (χ0v) is 10.7. The quantitative estimate of drug-likeness (QED) is 0.842. The van der Waals surface area contributed by atoms with Gasteiger partial charge < -0.3 is 5.11 Å². The monoisotopic (exact) mass is 283 g/mol. The highest BCUT2D eigenvalue weighted by Crippen LogP contribution is 2.23. The molecule has 3 rings (SSSR count). The zero-order valence-electron chi connectivity index (χ0n) is 10.7. The normalized spacial score (nSPS) is 13.4. The lowest BCUT2D eigenvalue weighted by Crippen LogP contribution is -2.29.